The molecule has 0 rings (SSSR count). The number of ether oxygens (including phenoxy) is 1. The van der Waals surface area contributed by atoms with Crippen LogP contribution in [0.15, 0.2) is 0 Å². The van der Waals surface area contributed by atoms with Gasteiger partial charge < -0.3 is 15.2 Å². The highest BCUT2D eigenvalue weighted by Gasteiger charge is 2.05. The molecule has 0 bridgehead atoms. The lowest BCUT2D eigenvalue weighted by atomic mass is 10.1. The monoisotopic (exact) mass is 203 g/mol. The van der Waals surface area contributed by atoms with Gasteiger partial charge in [-0.3, -0.25) is 0 Å². The lowest BCUT2D eigenvalue weighted by Crippen LogP contribution is -2.29. The van der Waals surface area contributed by atoms with Gasteiger partial charge in [0.05, 0.1) is 6.10 Å². The number of hydrogen-bond donors (Lipinski definition) is 2. The van der Waals surface area contributed by atoms with Crippen LogP contribution in [0.2, 0.25) is 0 Å². The van der Waals surface area contributed by atoms with Crippen LogP contribution in [0.4, 0.5) is 0 Å². The third-order valence-corrected chi connectivity index (χ3v) is 1.97. The normalized spacial score (nSPS) is 13.5. The summed E-state index contributed by atoms with van der Waals surface area (Å²) in [6.45, 7) is 9.47. The standard InChI is InChI=1S/C11H25NO2/c1-4-14-7-5-6-12-9-11(13)8-10(2)3/h10-13H,4-9H2,1-3H3. The van der Waals surface area contributed by atoms with Gasteiger partial charge in [0.15, 0.2) is 0 Å². The molecule has 0 aliphatic carbocycles. The third-order valence-electron chi connectivity index (χ3n) is 1.97. The van der Waals surface area contributed by atoms with Gasteiger partial charge in [-0.2, -0.15) is 0 Å². The number of aliphatic hydroxyl groups is 1. The Morgan fingerprint density at radius 2 is 2.07 bits per heavy atom. The first-order chi connectivity index (χ1) is 6.66. The van der Waals surface area contributed by atoms with Crippen LogP contribution in [-0.4, -0.2) is 37.5 Å². The van der Waals surface area contributed by atoms with Crippen molar-refractivity contribution in [2.24, 2.45) is 5.92 Å². The fourth-order valence-corrected chi connectivity index (χ4v) is 1.34. The van der Waals surface area contributed by atoms with Crippen LogP contribution in [0.25, 0.3) is 0 Å². The van der Waals surface area contributed by atoms with Crippen LogP contribution in [-0.2, 0) is 4.74 Å². The van der Waals surface area contributed by atoms with E-state index in [0.717, 1.165) is 32.6 Å². The van der Waals surface area contributed by atoms with Crippen molar-refractivity contribution in [3.05, 3.63) is 0 Å². The SMILES string of the molecule is CCOCCCNCC(O)CC(C)C. The third kappa shape index (κ3) is 9.96. The van der Waals surface area contributed by atoms with Crippen molar-refractivity contribution >= 4 is 0 Å². The number of rotatable bonds is 9. The average molecular weight is 203 g/mol. The molecule has 0 radical (unpaired) electrons. The molecule has 14 heavy (non-hydrogen) atoms. The van der Waals surface area contributed by atoms with Gasteiger partial charge in [0.1, 0.15) is 0 Å². The van der Waals surface area contributed by atoms with Crippen molar-refractivity contribution in [3.63, 3.8) is 0 Å². The molecular weight excluding hydrogens is 178 g/mol. The van der Waals surface area contributed by atoms with E-state index in [1.807, 2.05) is 6.92 Å². The van der Waals surface area contributed by atoms with Gasteiger partial charge in [-0.1, -0.05) is 13.8 Å². The van der Waals surface area contributed by atoms with E-state index >= 15 is 0 Å². The van der Waals surface area contributed by atoms with Crippen LogP contribution in [0.1, 0.15) is 33.6 Å². The lowest BCUT2D eigenvalue weighted by molar-refractivity contribution is 0.134. The number of nitrogens with one attached hydrogen (secondary N) is 1. The molecule has 1 unspecified atom stereocenters. The summed E-state index contributed by atoms with van der Waals surface area (Å²) in [7, 11) is 0. The molecule has 3 heteroatoms. The van der Waals surface area contributed by atoms with E-state index < -0.39 is 0 Å². The summed E-state index contributed by atoms with van der Waals surface area (Å²) in [6.07, 6.45) is 1.68. The summed E-state index contributed by atoms with van der Waals surface area (Å²) in [5.74, 6) is 0.565. The van der Waals surface area contributed by atoms with E-state index in [0.29, 0.717) is 12.5 Å². The zero-order chi connectivity index (χ0) is 10.8. The zero-order valence-electron chi connectivity index (χ0n) is 9.75. The van der Waals surface area contributed by atoms with Gasteiger partial charge in [-0.05, 0) is 32.2 Å². The van der Waals surface area contributed by atoms with Gasteiger partial charge in [0.25, 0.3) is 0 Å². The minimum absolute atomic E-state index is 0.206. The molecule has 0 saturated carbocycles. The zero-order valence-corrected chi connectivity index (χ0v) is 9.75. The summed E-state index contributed by atoms with van der Waals surface area (Å²) < 4.78 is 5.20. The van der Waals surface area contributed by atoms with Gasteiger partial charge in [-0.25, -0.2) is 0 Å². The van der Waals surface area contributed by atoms with Crippen LogP contribution in [0.3, 0.4) is 0 Å². The first-order valence-corrected chi connectivity index (χ1v) is 5.63. The molecule has 0 amide bonds. The smallest absolute Gasteiger partial charge is 0.0667 e. The minimum atomic E-state index is -0.206. The second kappa shape index (κ2) is 9.44. The van der Waals surface area contributed by atoms with Crippen molar-refractivity contribution in [1.29, 1.82) is 0 Å². The molecule has 0 saturated heterocycles. The van der Waals surface area contributed by atoms with Crippen molar-refractivity contribution < 1.29 is 9.84 Å². The van der Waals surface area contributed by atoms with Crippen LogP contribution >= 0.6 is 0 Å². The lowest BCUT2D eigenvalue weighted by Gasteiger charge is -2.13. The Hall–Kier alpha value is -0.120. The molecule has 0 aliphatic rings. The summed E-state index contributed by atoms with van der Waals surface area (Å²) in [6, 6.07) is 0. The maximum absolute atomic E-state index is 9.53. The highest BCUT2D eigenvalue weighted by atomic mass is 16.5. The molecule has 0 spiro atoms. The molecule has 0 aromatic carbocycles. The minimum Gasteiger partial charge on any atom is -0.392 e. The van der Waals surface area contributed by atoms with E-state index in [1.54, 1.807) is 0 Å². The van der Waals surface area contributed by atoms with E-state index in [2.05, 4.69) is 19.2 Å². The largest absolute Gasteiger partial charge is 0.392 e. The van der Waals surface area contributed by atoms with Crippen molar-refractivity contribution in [1.82, 2.24) is 5.32 Å². The summed E-state index contributed by atoms with van der Waals surface area (Å²) in [5.41, 5.74) is 0. The maximum Gasteiger partial charge on any atom is 0.0667 e. The van der Waals surface area contributed by atoms with Crippen LogP contribution in [0.5, 0.6) is 0 Å². The Morgan fingerprint density at radius 1 is 1.36 bits per heavy atom. The van der Waals surface area contributed by atoms with Crippen LogP contribution in [0, 0.1) is 5.92 Å². The van der Waals surface area contributed by atoms with Gasteiger partial charge in [-0.15, -0.1) is 0 Å². The molecule has 0 fully saturated rings. The second-order valence-electron chi connectivity index (χ2n) is 4.04. The molecule has 0 heterocycles. The molecular formula is C11H25NO2. The first-order valence-electron chi connectivity index (χ1n) is 5.63. The second-order valence-corrected chi connectivity index (χ2v) is 4.04. The number of hydrogen-bond acceptors (Lipinski definition) is 3. The number of aliphatic hydroxyl groups excluding tert-OH is 1. The van der Waals surface area contributed by atoms with Crippen molar-refractivity contribution in [3.8, 4) is 0 Å². The Bertz CT molecular complexity index is 118. The van der Waals surface area contributed by atoms with Gasteiger partial charge in [0, 0.05) is 19.8 Å². The Kier molecular flexibility index (Phi) is 9.35. The Balaban J connectivity index is 3.10. The topological polar surface area (TPSA) is 41.5 Å². The molecule has 0 aromatic rings. The highest BCUT2D eigenvalue weighted by Crippen LogP contribution is 2.02. The maximum atomic E-state index is 9.53. The summed E-state index contributed by atoms with van der Waals surface area (Å²) in [4.78, 5) is 0. The Labute approximate surface area is 87.8 Å². The molecule has 2 N–H and O–H groups in total. The molecule has 86 valence electrons. The molecule has 3 nitrogen and oxygen atoms in total. The van der Waals surface area contributed by atoms with E-state index in [-0.39, 0.29) is 6.10 Å². The quantitative estimate of drug-likeness (QED) is 0.557. The first kappa shape index (κ1) is 13.9. The molecule has 0 aromatic heterocycles. The van der Waals surface area contributed by atoms with Crippen molar-refractivity contribution in [2.45, 2.75) is 39.7 Å². The van der Waals surface area contributed by atoms with E-state index in [4.69, 9.17) is 4.74 Å². The van der Waals surface area contributed by atoms with Gasteiger partial charge >= 0.3 is 0 Å². The van der Waals surface area contributed by atoms with Gasteiger partial charge in [0.2, 0.25) is 0 Å². The van der Waals surface area contributed by atoms with Crippen LogP contribution < -0.4 is 5.32 Å². The highest BCUT2D eigenvalue weighted by molar-refractivity contribution is 4.61. The summed E-state index contributed by atoms with van der Waals surface area (Å²) >= 11 is 0. The molecule has 1 atom stereocenters. The molecule has 0 aliphatic heterocycles. The predicted molar refractivity (Wildman–Crippen MR) is 59.4 cm³/mol. The fraction of sp³-hybridized carbons (Fsp3) is 1.00. The van der Waals surface area contributed by atoms with Crippen molar-refractivity contribution in [2.75, 3.05) is 26.3 Å². The predicted octanol–water partition coefficient (Wildman–Crippen LogP) is 1.41. The average Bonchev–Trinajstić information content (AvgIpc) is 2.10. The fourth-order valence-electron chi connectivity index (χ4n) is 1.34. The van der Waals surface area contributed by atoms with E-state index in [9.17, 15) is 5.11 Å². The van der Waals surface area contributed by atoms with E-state index in [1.165, 1.54) is 0 Å². The Morgan fingerprint density at radius 3 is 2.64 bits per heavy atom. The summed E-state index contributed by atoms with van der Waals surface area (Å²) in [5, 5.41) is 12.7.